The van der Waals surface area contributed by atoms with Crippen molar-refractivity contribution in [1.29, 1.82) is 0 Å². The maximum absolute atomic E-state index is 14.2. The first kappa shape index (κ1) is 34.5. The summed E-state index contributed by atoms with van der Waals surface area (Å²) < 4.78 is 28.6. The number of benzene rings is 4. The van der Waals surface area contributed by atoms with Gasteiger partial charge in [-0.3, -0.25) is 10.1 Å². The van der Waals surface area contributed by atoms with E-state index in [0.29, 0.717) is 39.4 Å². The lowest BCUT2D eigenvalue weighted by Crippen LogP contribution is -1.97. The molecule has 4 aromatic carbocycles. The van der Waals surface area contributed by atoms with Gasteiger partial charge in [0.25, 0.3) is 0 Å². The monoisotopic (exact) mass is 686 g/mol. The number of anilines is 2. The quantitative estimate of drug-likeness (QED) is 0.0526. The molecule has 0 radical (unpaired) electrons. The Morgan fingerprint density at radius 2 is 1.62 bits per heavy atom. The Bertz CT molecular complexity index is 2000. The molecular weight excluding hydrogens is 652 g/mol. The zero-order chi connectivity index (χ0) is 34.2. The highest BCUT2D eigenvalue weighted by Crippen LogP contribution is 2.36. The number of halogens is 1. The van der Waals surface area contributed by atoms with Crippen LogP contribution in [0.25, 0.3) is 33.1 Å². The Morgan fingerprint density at radius 3 is 2.29 bits per heavy atom. The molecule has 0 aliphatic heterocycles. The van der Waals surface area contributed by atoms with Crippen LogP contribution >= 0.6 is 24.8 Å². The van der Waals surface area contributed by atoms with E-state index in [0.717, 1.165) is 27.6 Å². The molecule has 0 amide bonds. The molecule has 1 unspecified atom stereocenters. The number of aliphatic hydroxyl groups excluding tert-OH is 1. The van der Waals surface area contributed by atoms with Crippen LogP contribution in [0, 0.1) is 5.82 Å². The Labute approximate surface area is 287 Å². The summed E-state index contributed by atoms with van der Waals surface area (Å²) in [7, 11) is 1.51. The largest absolute Gasteiger partial charge is 0.504 e. The SMILES string of the molecule is CC(O)c1cc2nccc(Oc3ccc(NSC4CC4)cc3)c2cc1F.COc1cc2c(-c3ccc(N)cc3)ncnc2cc1O.NS. The van der Waals surface area contributed by atoms with Gasteiger partial charge in [-0.1, -0.05) is 12.1 Å². The van der Waals surface area contributed by atoms with E-state index in [1.165, 1.54) is 39.3 Å². The fourth-order valence-electron chi connectivity index (χ4n) is 4.73. The fraction of sp³-hybridized carbons (Fsp3) is 0.171. The van der Waals surface area contributed by atoms with Crippen LogP contribution in [0.3, 0.4) is 0 Å². The van der Waals surface area contributed by atoms with Crippen molar-refractivity contribution in [3.63, 3.8) is 0 Å². The van der Waals surface area contributed by atoms with Gasteiger partial charge < -0.3 is 30.1 Å². The lowest BCUT2D eigenvalue weighted by Gasteiger charge is -2.12. The standard InChI is InChI=1S/C20H19FN2O2S.C15H13N3O2.H3NS/c1-12(24)16-11-19-17(10-18(16)21)20(8-9-22-19)25-14-4-2-13(3-5-14)23-26-15-6-7-15;1-20-14-6-11-12(7-13(14)19)17-8-18-15(11)9-2-4-10(16)5-3-9;1-2/h2-5,8-12,15,23-24H,6-7H2,1H3;2-8,19H,16H2,1H3;2H,1H2. The average molecular weight is 687 g/mol. The Kier molecular flexibility index (Phi) is 11.4. The maximum atomic E-state index is 14.2. The number of nitrogen functional groups attached to an aromatic ring is 1. The van der Waals surface area contributed by atoms with Gasteiger partial charge in [0.15, 0.2) is 11.5 Å². The third-order valence-electron chi connectivity index (χ3n) is 7.34. The number of phenolic OH excluding ortho intramolecular Hbond substituents is 1. The number of thiol groups is 1. The molecule has 0 spiro atoms. The number of nitrogens with two attached hydrogens (primary N) is 2. The molecule has 1 saturated carbocycles. The summed E-state index contributed by atoms with van der Waals surface area (Å²) >= 11 is 4.78. The number of hydrogen-bond donors (Lipinski definition) is 6. The van der Waals surface area contributed by atoms with Gasteiger partial charge in [-0.05, 0) is 92.4 Å². The van der Waals surface area contributed by atoms with Gasteiger partial charge in [0.05, 0.1) is 29.9 Å². The molecule has 1 aliphatic carbocycles. The van der Waals surface area contributed by atoms with Crippen molar-refractivity contribution in [1.82, 2.24) is 15.0 Å². The van der Waals surface area contributed by atoms with Gasteiger partial charge in [0, 0.05) is 50.8 Å². The number of pyridine rings is 1. The van der Waals surface area contributed by atoms with Crippen molar-refractivity contribution in [2.75, 3.05) is 17.6 Å². The van der Waals surface area contributed by atoms with E-state index in [4.69, 9.17) is 15.2 Å². The van der Waals surface area contributed by atoms with Crippen molar-refractivity contribution >= 4 is 57.9 Å². The molecule has 248 valence electrons. The molecule has 10 nitrogen and oxygen atoms in total. The first-order valence-electron chi connectivity index (χ1n) is 14.9. The Hall–Kier alpha value is -4.82. The second-order valence-corrected chi connectivity index (χ2v) is 11.9. The van der Waals surface area contributed by atoms with Crippen LogP contribution in [0.1, 0.15) is 31.4 Å². The number of aliphatic hydroxyl groups is 1. The third kappa shape index (κ3) is 8.36. The molecule has 0 bridgehead atoms. The zero-order valence-corrected chi connectivity index (χ0v) is 27.9. The van der Waals surface area contributed by atoms with E-state index in [1.54, 1.807) is 42.4 Å². The van der Waals surface area contributed by atoms with Crippen LogP contribution in [-0.2, 0) is 0 Å². The number of rotatable bonds is 8. The highest BCUT2D eigenvalue weighted by Gasteiger charge is 2.22. The van der Waals surface area contributed by atoms with Crippen molar-refractivity contribution in [3.05, 3.63) is 103 Å². The molecule has 0 saturated heterocycles. The van der Waals surface area contributed by atoms with Gasteiger partial charge in [0.1, 0.15) is 23.6 Å². The first-order chi connectivity index (χ1) is 23.3. The molecule has 7 rings (SSSR count). The number of aromatic nitrogens is 3. The average Bonchev–Trinajstić information content (AvgIpc) is 3.94. The number of nitrogens with one attached hydrogen (secondary N) is 1. The van der Waals surface area contributed by atoms with Crippen LogP contribution in [0.5, 0.6) is 23.0 Å². The van der Waals surface area contributed by atoms with Gasteiger partial charge in [-0.25, -0.2) is 14.4 Å². The Morgan fingerprint density at radius 1 is 0.917 bits per heavy atom. The Balaban J connectivity index is 0.000000184. The number of aromatic hydroxyl groups is 1. The van der Waals surface area contributed by atoms with Crippen LogP contribution < -0.4 is 25.1 Å². The van der Waals surface area contributed by atoms with E-state index in [-0.39, 0.29) is 11.3 Å². The number of fused-ring (bicyclic) bond motifs is 2. The van der Waals surface area contributed by atoms with Gasteiger partial charge in [-0.2, -0.15) is 0 Å². The summed E-state index contributed by atoms with van der Waals surface area (Å²) in [6.45, 7) is 1.53. The summed E-state index contributed by atoms with van der Waals surface area (Å²) in [6, 6.07) is 23.0. The maximum Gasteiger partial charge on any atom is 0.161 e. The van der Waals surface area contributed by atoms with Crippen molar-refractivity contribution in [3.8, 4) is 34.3 Å². The molecule has 1 fully saturated rings. The molecule has 2 heterocycles. The van der Waals surface area contributed by atoms with Crippen LogP contribution in [0.2, 0.25) is 0 Å². The second-order valence-electron chi connectivity index (χ2n) is 10.8. The van der Waals surface area contributed by atoms with Gasteiger partial charge in [-0.15, -0.1) is 12.8 Å². The van der Waals surface area contributed by atoms with Crippen molar-refractivity contribution in [2.24, 2.45) is 5.14 Å². The minimum Gasteiger partial charge on any atom is -0.504 e. The number of ether oxygens (including phenoxy) is 2. The highest BCUT2D eigenvalue weighted by atomic mass is 32.2. The van der Waals surface area contributed by atoms with Crippen LogP contribution in [0.15, 0.2) is 91.4 Å². The summed E-state index contributed by atoms with van der Waals surface area (Å²) in [6.07, 6.45) is 4.76. The van der Waals surface area contributed by atoms with E-state index in [1.807, 2.05) is 48.5 Å². The lowest BCUT2D eigenvalue weighted by atomic mass is 10.1. The molecule has 7 N–H and O–H groups in total. The summed E-state index contributed by atoms with van der Waals surface area (Å²) in [4.78, 5) is 12.8. The minimum atomic E-state index is -0.890. The topological polar surface area (TPSA) is 162 Å². The molecule has 48 heavy (non-hydrogen) atoms. The van der Waals surface area contributed by atoms with Gasteiger partial charge >= 0.3 is 0 Å². The van der Waals surface area contributed by atoms with Gasteiger partial charge in [0.2, 0.25) is 0 Å². The predicted octanol–water partition coefficient (Wildman–Crippen LogP) is 7.83. The van der Waals surface area contributed by atoms with Crippen LogP contribution in [-0.4, -0.2) is 37.5 Å². The number of phenols is 1. The highest BCUT2D eigenvalue weighted by molar-refractivity contribution is 8.01. The predicted molar refractivity (Wildman–Crippen MR) is 194 cm³/mol. The smallest absolute Gasteiger partial charge is 0.161 e. The van der Waals surface area contributed by atoms with E-state index in [9.17, 15) is 14.6 Å². The van der Waals surface area contributed by atoms with Crippen LogP contribution in [0.4, 0.5) is 15.8 Å². The second kappa shape index (κ2) is 15.8. The van der Waals surface area contributed by atoms with E-state index < -0.39 is 11.9 Å². The summed E-state index contributed by atoms with van der Waals surface area (Å²) in [5, 5.41) is 25.8. The molecule has 6 aromatic rings. The number of methoxy groups -OCH3 is 1. The number of nitrogens with zero attached hydrogens (tertiary/aromatic N) is 3. The molecule has 2 aromatic heterocycles. The third-order valence-corrected chi connectivity index (χ3v) is 8.50. The first-order valence-corrected chi connectivity index (χ1v) is 16.3. The molecule has 13 heteroatoms. The molecular formula is C35H35FN6O4S2. The minimum absolute atomic E-state index is 0.0574. The van der Waals surface area contributed by atoms with E-state index in [2.05, 4.69) is 37.6 Å². The summed E-state index contributed by atoms with van der Waals surface area (Å²) in [5.74, 6) is 1.17. The number of hydrogen-bond acceptors (Lipinski definition) is 12. The normalized spacial score (nSPS) is 12.7. The molecule has 1 aliphatic rings. The van der Waals surface area contributed by atoms with Crippen molar-refractivity contribution in [2.45, 2.75) is 31.1 Å². The summed E-state index contributed by atoms with van der Waals surface area (Å²) in [5.41, 5.74) is 10.6. The molecule has 1 atom stereocenters. The van der Waals surface area contributed by atoms with Crippen molar-refractivity contribution < 1.29 is 24.1 Å². The lowest BCUT2D eigenvalue weighted by molar-refractivity contribution is 0.194. The van der Waals surface area contributed by atoms with E-state index >= 15 is 0 Å². The zero-order valence-electron chi connectivity index (χ0n) is 26.2. The fourth-order valence-corrected chi connectivity index (χ4v) is 5.54.